The second-order valence-electron chi connectivity index (χ2n) is 6.29. The Morgan fingerprint density at radius 3 is 2.17 bits per heavy atom. The summed E-state index contributed by atoms with van der Waals surface area (Å²) < 4.78 is 37.8. The quantitative estimate of drug-likeness (QED) is 0.206. The summed E-state index contributed by atoms with van der Waals surface area (Å²) in [6.07, 6.45) is -3.64. The first-order chi connectivity index (χ1) is 13.9. The molecule has 5 nitrogen and oxygen atoms in total. The molecule has 2 rings (SSSR count). The van der Waals surface area contributed by atoms with E-state index in [1.54, 1.807) is 12.1 Å². The summed E-state index contributed by atoms with van der Waals surface area (Å²) >= 11 is 0. The molecule has 0 atom stereocenters. The lowest BCUT2D eigenvalue weighted by Crippen LogP contribution is -2.38. The summed E-state index contributed by atoms with van der Waals surface area (Å²) in [4.78, 5) is 16.3. The third-order valence-electron chi connectivity index (χ3n) is 4.01. The predicted molar refractivity (Wildman–Crippen MR) is 123 cm³/mol. The number of hydrogen-bond acceptors (Lipinski definition) is 2. The number of benzene rings is 2. The molecule has 0 saturated heterocycles. The molecule has 30 heavy (non-hydrogen) atoms. The average Bonchev–Trinajstić information content (AvgIpc) is 2.71. The lowest BCUT2D eigenvalue weighted by Gasteiger charge is -2.12. The van der Waals surface area contributed by atoms with Crippen LogP contribution in [0.3, 0.4) is 0 Å². The fourth-order valence-electron chi connectivity index (χ4n) is 2.50. The van der Waals surface area contributed by atoms with Crippen molar-refractivity contribution in [2.75, 3.05) is 19.6 Å². The Labute approximate surface area is 191 Å². The van der Waals surface area contributed by atoms with Crippen molar-refractivity contribution < 1.29 is 18.0 Å². The molecule has 0 heterocycles. The lowest BCUT2D eigenvalue weighted by atomic mass is 10.1. The van der Waals surface area contributed by atoms with Gasteiger partial charge in [-0.1, -0.05) is 30.3 Å². The number of rotatable bonds is 8. The summed E-state index contributed by atoms with van der Waals surface area (Å²) in [6.45, 7) is 3.95. The van der Waals surface area contributed by atoms with Gasteiger partial charge in [0, 0.05) is 25.2 Å². The number of hydrogen-bond donors (Lipinski definition) is 3. The van der Waals surface area contributed by atoms with Crippen LogP contribution in [0.15, 0.2) is 59.6 Å². The van der Waals surface area contributed by atoms with Gasteiger partial charge in [-0.05, 0) is 43.2 Å². The molecule has 0 aliphatic carbocycles. The highest BCUT2D eigenvalue weighted by atomic mass is 127. The normalized spacial score (nSPS) is 11.4. The van der Waals surface area contributed by atoms with Crippen LogP contribution in [0.4, 0.5) is 13.2 Å². The van der Waals surface area contributed by atoms with Crippen molar-refractivity contribution in [3.8, 4) is 0 Å². The maximum absolute atomic E-state index is 12.6. The van der Waals surface area contributed by atoms with Gasteiger partial charge in [-0.15, -0.1) is 24.0 Å². The summed E-state index contributed by atoms with van der Waals surface area (Å²) in [6, 6.07) is 14.0. The monoisotopic (exact) mass is 534 g/mol. The first-order valence-electron chi connectivity index (χ1n) is 9.41. The number of alkyl halides is 3. The zero-order chi connectivity index (χ0) is 21.1. The second kappa shape index (κ2) is 13.1. The maximum atomic E-state index is 12.6. The number of guanidine groups is 1. The minimum Gasteiger partial charge on any atom is -0.357 e. The first kappa shape index (κ1) is 25.7. The SMILES string of the molecule is CCNC(=NCc1ccc(C(F)(F)F)cc1)NCCCNC(=O)c1ccccc1.I. The first-order valence-corrected chi connectivity index (χ1v) is 9.41. The standard InChI is InChI=1S/C21H25F3N4O.HI/c1-2-25-20(28-15-16-9-11-18(12-10-16)21(22,23)24)27-14-6-13-26-19(29)17-7-4-3-5-8-17;/h3-5,7-12H,2,6,13-15H2,1H3,(H,26,29)(H2,25,27,28);1H. The Balaban J connectivity index is 0.00000450. The Kier molecular flexibility index (Phi) is 11.2. The van der Waals surface area contributed by atoms with Gasteiger partial charge in [0.1, 0.15) is 0 Å². The van der Waals surface area contributed by atoms with Gasteiger partial charge in [-0.3, -0.25) is 4.79 Å². The van der Waals surface area contributed by atoms with Crippen molar-refractivity contribution in [1.82, 2.24) is 16.0 Å². The van der Waals surface area contributed by atoms with E-state index in [0.29, 0.717) is 43.1 Å². The minimum absolute atomic E-state index is 0. The molecule has 9 heteroatoms. The van der Waals surface area contributed by atoms with Gasteiger partial charge in [0.05, 0.1) is 12.1 Å². The van der Waals surface area contributed by atoms with Crippen molar-refractivity contribution in [1.29, 1.82) is 0 Å². The van der Waals surface area contributed by atoms with Crippen molar-refractivity contribution in [3.05, 3.63) is 71.3 Å². The van der Waals surface area contributed by atoms with Gasteiger partial charge in [-0.2, -0.15) is 13.2 Å². The summed E-state index contributed by atoms with van der Waals surface area (Å²) in [7, 11) is 0. The number of nitrogens with one attached hydrogen (secondary N) is 3. The third kappa shape index (κ3) is 9.02. The molecule has 0 spiro atoms. The van der Waals surface area contributed by atoms with E-state index in [1.165, 1.54) is 12.1 Å². The Morgan fingerprint density at radius 2 is 1.57 bits per heavy atom. The van der Waals surface area contributed by atoms with Crippen LogP contribution in [-0.4, -0.2) is 31.5 Å². The highest BCUT2D eigenvalue weighted by Crippen LogP contribution is 2.29. The lowest BCUT2D eigenvalue weighted by molar-refractivity contribution is -0.137. The molecule has 2 aromatic carbocycles. The van der Waals surface area contributed by atoms with E-state index < -0.39 is 11.7 Å². The predicted octanol–water partition coefficient (Wildman–Crippen LogP) is 4.20. The molecule has 0 aliphatic rings. The Hall–Kier alpha value is -2.30. The van der Waals surface area contributed by atoms with Crippen LogP contribution in [0.1, 0.15) is 34.8 Å². The van der Waals surface area contributed by atoms with E-state index in [0.717, 1.165) is 12.1 Å². The highest BCUT2D eigenvalue weighted by Gasteiger charge is 2.29. The number of carbonyl (C=O) groups excluding carboxylic acids is 1. The van der Waals surface area contributed by atoms with Gasteiger partial charge < -0.3 is 16.0 Å². The van der Waals surface area contributed by atoms with Crippen LogP contribution in [0.25, 0.3) is 0 Å². The van der Waals surface area contributed by atoms with Gasteiger partial charge in [-0.25, -0.2) is 4.99 Å². The fourth-order valence-corrected chi connectivity index (χ4v) is 2.50. The van der Waals surface area contributed by atoms with Crippen molar-refractivity contribution >= 4 is 35.8 Å². The molecule has 164 valence electrons. The van der Waals surface area contributed by atoms with Crippen LogP contribution in [-0.2, 0) is 12.7 Å². The molecule has 3 N–H and O–H groups in total. The molecule has 1 amide bonds. The van der Waals surface area contributed by atoms with E-state index in [4.69, 9.17) is 0 Å². The Bertz CT molecular complexity index is 796. The molecule has 0 fully saturated rings. The molecule has 0 radical (unpaired) electrons. The molecule has 0 aromatic heterocycles. The summed E-state index contributed by atoms with van der Waals surface area (Å²) in [5, 5.41) is 9.08. The smallest absolute Gasteiger partial charge is 0.357 e. The Morgan fingerprint density at radius 1 is 0.933 bits per heavy atom. The molecular weight excluding hydrogens is 508 g/mol. The molecule has 0 bridgehead atoms. The van der Waals surface area contributed by atoms with Crippen molar-refractivity contribution in [3.63, 3.8) is 0 Å². The van der Waals surface area contributed by atoms with Gasteiger partial charge in [0.15, 0.2) is 5.96 Å². The van der Waals surface area contributed by atoms with E-state index in [1.807, 2.05) is 25.1 Å². The van der Waals surface area contributed by atoms with Gasteiger partial charge >= 0.3 is 6.18 Å². The van der Waals surface area contributed by atoms with Crippen LogP contribution in [0.5, 0.6) is 0 Å². The minimum atomic E-state index is -4.34. The fraction of sp³-hybridized carbons (Fsp3) is 0.333. The van der Waals surface area contributed by atoms with Gasteiger partial charge in [0.25, 0.3) is 5.91 Å². The zero-order valence-electron chi connectivity index (χ0n) is 16.6. The van der Waals surface area contributed by atoms with E-state index in [9.17, 15) is 18.0 Å². The number of carbonyl (C=O) groups is 1. The van der Waals surface area contributed by atoms with Crippen LogP contribution in [0.2, 0.25) is 0 Å². The van der Waals surface area contributed by atoms with Crippen molar-refractivity contribution in [2.45, 2.75) is 26.1 Å². The topological polar surface area (TPSA) is 65.5 Å². The maximum Gasteiger partial charge on any atom is 0.416 e. The third-order valence-corrected chi connectivity index (χ3v) is 4.01. The van der Waals surface area contributed by atoms with E-state index in [2.05, 4.69) is 20.9 Å². The highest BCUT2D eigenvalue weighted by molar-refractivity contribution is 14.0. The zero-order valence-corrected chi connectivity index (χ0v) is 19.0. The van der Waals surface area contributed by atoms with E-state index in [-0.39, 0.29) is 36.4 Å². The largest absolute Gasteiger partial charge is 0.416 e. The molecule has 2 aromatic rings. The van der Waals surface area contributed by atoms with Crippen LogP contribution < -0.4 is 16.0 Å². The number of aliphatic imine (C=N–C) groups is 1. The second-order valence-corrected chi connectivity index (χ2v) is 6.29. The summed E-state index contributed by atoms with van der Waals surface area (Å²) in [5.41, 5.74) is 0.630. The molecule has 0 aliphatic heterocycles. The van der Waals surface area contributed by atoms with Gasteiger partial charge in [0.2, 0.25) is 0 Å². The molecule has 0 unspecified atom stereocenters. The van der Waals surface area contributed by atoms with Crippen molar-refractivity contribution in [2.24, 2.45) is 4.99 Å². The number of nitrogens with zero attached hydrogens (tertiary/aromatic N) is 1. The van der Waals surface area contributed by atoms with Crippen LogP contribution >= 0.6 is 24.0 Å². The van der Waals surface area contributed by atoms with Crippen LogP contribution in [0, 0.1) is 0 Å². The summed E-state index contributed by atoms with van der Waals surface area (Å²) in [5.74, 6) is 0.454. The van der Waals surface area contributed by atoms with E-state index >= 15 is 0 Å². The average molecular weight is 534 g/mol. The number of halogens is 4. The molecular formula is C21H26F3IN4O. The molecule has 0 saturated carbocycles. The number of amides is 1.